The number of rotatable bonds is 2. The molecule has 1 aromatic rings. The van der Waals surface area contributed by atoms with Gasteiger partial charge >= 0.3 is 0 Å². The Labute approximate surface area is 122 Å². The molecule has 1 fully saturated rings. The minimum Gasteiger partial charge on any atom is -0.366 e. The lowest BCUT2D eigenvalue weighted by Crippen LogP contribution is -2.57. The van der Waals surface area contributed by atoms with Crippen molar-refractivity contribution in [3.8, 4) is 0 Å². The van der Waals surface area contributed by atoms with Crippen molar-refractivity contribution < 1.29 is 9.66 Å². The summed E-state index contributed by atoms with van der Waals surface area (Å²) in [6, 6.07) is 2.70. The highest BCUT2D eigenvalue weighted by molar-refractivity contribution is 6.29. The van der Waals surface area contributed by atoms with E-state index in [1.807, 2.05) is 32.6 Å². The molecular weight excluding hydrogens is 282 g/mol. The molecule has 1 aliphatic rings. The zero-order valence-electron chi connectivity index (χ0n) is 12.0. The number of anilines is 1. The molecule has 0 bridgehead atoms. The van der Waals surface area contributed by atoms with Gasteiger partial charge in [-0.15, -0.1) is 0 Å². The highest BCUT2D eigenvalue weighted by Crippen LogP contribution is 2.32. The number of nitro groups is 1. The Morgan fingerprint density at radius 3 is 2.35 bits per heavy atom. The molecule has 0 aromatic carbocycles. The number of pyridine rings is 1. The summed E-state index contributed by atoms with van der Waals surface area (Å²) in [5.41, 5.74) is -0.775. The van der Waals surface area contributed by atoms with Crippen molar-refractivity contribution in [3.05, 3.63) is 27.4 Å². The summed E-state index contributed by atoms with van der Waals surface area (Å²) in [5, 5.41) is 11.0. The van der Waals surface area contributed by atoms with Crippen molar-refractivity contribution in [1.29, 1.82) is 0 Å². The van der Waals surface area contributed by atoms with Gasteiger partial charge in [0.25, 0.3) is 5.69 Å². The first-order valence-electron chi connectivity index (χ1n) is 6.35. The van der Waals surface area contributed by atoms with Gasteiger partial charge in [-0.25, -0.2) is 4.98 Å². The fourth-order valence-electron chi connectivity index (χ4n) is 2.69. The van der Waals surface area contributed by atoms with Gasteiger partial charge in [0.05, 0.1) is 28.3 Å². The van der Waals surface area contributed by atoms with E-state index in [1.165, 1.54) is 12.1 Å². The van der Waals surface area contributed by atoms with Crippen LogP contribution in [0.4, 0.5) is 11.5 Å². The zero-order chi connectivity index (χ0) is 15.1. The van der Waals surface area contributed by atoms with Crippen LogP contribution in [-0.4, -0.2) is 34.2 Å². The molecule has 0 atom stereocenters. The summed E-state index contributed by atoms with van der Waals surface area (Å²) < 4.78 is 5.98. The fourth-order valence-corrected chi connectivity index (χ4v) is 2.89. The third kappa shape index (κ3) is 3.37. The van der Waals surface area contributed by atoms with Crippen LogP contribution in [0, 0.1) is 10.1 Å². The number of aromatic nitrogens is 1. The maximum absolute atomic E-state index is 10.9. The van der Waals surface area contributed by atoms with Crippen LogP contribution in [0.3, 0.4) is 0 Å². The molecular formula is C13H18ClN3O3. The van der Waals surface area contributed by atoms with E-state index in [2.05, 4.69) is 4.98 Å². The van der Waals surface area contributed by atoms with Gasteiger partial charge in [0.1, 0.15) is 11.0 Å². The molecule has 0 aliphatic carbocycles. The fraction of sp³-hybridized carbons (Fsp3) is 0.615. The number of hydrogen-bond donors (Lipinski definition) is 0. The van der Waals surface area contributed by atoms with Gasteiger partial charge in [0.15, 0.2) is 0 Å². The van der Waals surface area contributed by atoms with E-state index in [1.54, 1.807) is 0 Å². The summed E-state index contributed by atoms with van der Waals surface area (Å²) in [6.07, 6.45) is 0. The highest BCUT2D eigenvalue weighted by atomic mass is 35.5. The van der Waals surface area contributed by atoms with Gasteiger partial charge in [-0.3, -0.25) is 10.1 Å². The molecule has 6 nitrogen and oxygen atoms in total. The van der Waals surface area contributed by atoms with Crippen molar-refractivity contribution >= 4 is 23.1 Å². The molecule has 0 radical (unpaired) electrons. The van der Waals surface area contributed by atoms with Crippen LogP contribution < -0.4 is 4.90 Å². The minimum atomic E-state index is -0.464. The molecule has 110 valence electrons. The minimum absolute atomic E-state index is 0.0536. The first kappa shape index (κ1) is 15.0. The molecule has 0 unspecified atom stereocenters. The van der Waals surface area contributed by atoms with Crippen LogP contribution in [0.25, 0.3) is 0 Å². The van der Waals surface area contributed by atoms with Gasteiger partial charge in [0.2, 0.25) is 0 Å². The van der Waals surface area contributed by atoms with Crippen molar-refractivity contribution in [2.24, 2.45) is 0 Å². The maximum atomic E-state index is 10.9. The third-order valence-electron chi connectivity index (χ3n) is 3.00. The Morgan fingerprint density at radius 2 is 1.85 bits per heavy atom. The molecule has 1 saturated heterocycles. The van der Waals surface area contributed by atoms with Gasteiger partial charge < -0.3 is 9.64 Å². The van der Waals surface area contributed by atoms with Crippen LogP contribution in [0.5, 0.6) is 0 Å². The summed E-state index contributed by atoms with van der Waals surface area (Å²) in [6.45, 7) is 9.14. The van der Waals surface area contributed by atoms with Crippen LogP contribution in [0.1, 0.15) is 27.7 Å². The molecule has 2 rings (SSSR count). The van der Waals surface area contributed by atoms with Gasteiger partial charge in [-0.05, 0) is 27.7 Å². The molecule has 0 N–H and O–H groups in total. The normalized spacial score (nSPS) is 20.8. The Hall–Kier alpha value is -1.40. The van der Waals surface area contributed by atoms with Crippen molar-refractivity contribution in [3.63, 3.8) is 0 Å². The second-order valence-electron chi connectivity index (χ2n) is 6.24. The van der Waals surface area contributed by atoms with Gasteiger partial charge in [-0.2, -0.15) is 0 Å². The Kier molecular flexibility index (Phi) is 3.64. The van der Waals surface area contributed by atoms with Crippen LogP contribution in [0.15, 0.2) is 12.1 Å². The number of halogens is 1. The monoisotopic (exact) mass is 299 g/mol. The predicted molar refractivity (Wildman–Crippen MR) is 77.4 cm³/mol. The molecule has 20 heavy (non-hydrogen) atoms. The largest absolute Gasteiger partial charge is 0.366 e. The van der Waals surface area contributed by atoms with E-state index in [0.717, 1.165) is 0 Å². The molecule has 0 saturated carbocycles. The number of nitrogens with zero attached hydrogens (tertiary/aromatic N) is 3. The number of ether oxygens (including phenoxy) is 1. The standard InChI is InChI=1S/C13H18ClN3O3/c1-12(2)7-16(8-13(3,4)20-12)11-6-9(17(18)19)5-10(14)15-11/h5-6H,7-8H2,1-4H3. The second-order valence-corrected chi connectivity index (χ2v) is 6.63. The van der Waals surface area contributed by atoms with Gasteiger partial charge in [-0.1, -0.05) is 11.6 Å². The van der Waals surface area contributed by atoms with Crippen LogP contribution in [0.2, 0.25) is 5.15 Å². The average Bonchev–Trinajstić information content (AvgIpc) is 2.23. The molecule has 2 heterocycles. The number of morpholine rings is 1. The zero-order valence-corrected chi connectivity index (χ0v) is 12.8. The van der Waals surface area contributed by atoms with Crippen molar-refractivity contribution in [2.75, 3.05) is 18.0 Å². The SMILES string of the molecule is CC1(C)CN(c2cc([N+](=O)[O-])cc(Cl)n2)CC(C)(C)O1. The van der Waals surface area contributed by atoms with E-state index < -0.39 is 4.92 Å². The van der Waals surface area contributed by atoms with E-state index >= 15 is 0 Å². The summed E-state index contributed by atoms with van der Waals surface area (Å²) in [7, 11) is 0. The smallest absolute Gasteiger partial charge is 0.276 e. The first-order valence-corrected chi connectivity index (χ1v) is 6.73. The Bertz CT molecular complexity index is 530. The lowest BCUT2D eigenvalue weighted by Gasteiger charge is -2.47. The van der Waals surface area contributed by atoms with E-state index in [4.69, 9.17) is 16.3 Å². The van der Waals surface area contributed by atoms with Crippen molar-refractivity contribution in [2.45, 2.75) is 38.9 Å². The summed E-state index contributed by atoms with van der Waals surface area (Å²) >= 11 is 5.88. The molecule has 0 spiro atoms. The molecule has 7 heteroatoms. The number of hydrogen-bond acceptors (Lipinski definition) is 5. The quantitative estimate of drug-likeness (QED) is 0.477. The average molecular weight is 300 g/mol. The molecule has 1 aliphatic heterocycles. The Balaban J connectivity index is 2.38. The van der Waals surface area contributed by atoms with E-state index in [9.17, 15) is 10.1 Å². The topological polar surface area (TPSA) is 68.5 Å². The summed E-state index contributed by atoms with van der Waals surface area (Å²) in [5.74, 6) is 0.508. The lowest BCUT2D eigenvalue weighted by molar-refractivity contribution is -0.384. The van der Waals surface area contributed by atoms with Crippen LogP contribution >= 0.6 is 11.6 Å². The van der Waals surface area contributed by atoms with E-state index in [0.29, 0.717) is 18.9 Å². The predicted octanol–water partition coefficient (Wildman–Crippen LogP) is 3.04. The lowest BCUT2D eigenvalue weighted by atomic mass is 9.99. The summed E-state index contributed by atoms with van der Waals surface area (Å²) in [4.78, 5) is 16.6. The maximum Gasteiger partial charge on any atom is 0.276 e. The first-order chi connectivity index (χ1) is 9.08. The van der Waals surface area contributed by atoms with Crippen LogP contribution in [-0.2, 0) is 4.74 Å². The Morgan fingerprint density at radius 1 is 1.30 bits per heavy atom. The highest BCUT2D eigenvalue weighted by Gasteiger charge is 2.39. The van der Waals surface area contributed by atoms with Gasteiger partial charge in [0, 0.05) is 13.1 Å². The third-order valence-corrected chi connectivity index (χ3v) is 3.19. The van der Waals surface area contributed by atoms with E-state index in [-0.39, 0.29) is 22.0 Å². The molecule has 1 aromatic heterocycles. The second kappa shape index (κ2) is 4.86. The van der Waals surface area contributed by atoms with Crippen molar-refractivity contribution in [1.82, 2.24) is 4.98 Å². The molecule has 0 amide bonds.